The molecule has 0 aliphatic rings. The van der Waals surface area contributed by atoms with Gasteiger partial charge in [0.05, 0.1) is 11.4 Å². The van der Waals surface area contributed by atoms with Crippen molar-refractivity contribution in [2.45, 2.75) is 6.92 Å². The van der Waals surface area contributed by atoms with E-state index < -0.39 is 34.4 Å². The third-order valence-electron chi connectivity index (χ3n) is 1.61. The van der Waals surface area contributed by atoms with Gasteiger partial charge in [0.15, 0.2) is 17.5 Å². The van der Waals surface area contributed by atoms with Crippen molar-refractivity contribution in [1.82, 2.24) is 0 Å². The van der Waals surface area contributed by atoms with Crippen molar-refractivity contribution >= 4 is 11.4 Å². The minimum Gasteiger partial charge on any atom is -0.395 e. The van der Waals surface area contributed by atoms with E-state index in [1.807, 2.05) is 0 Å². The van der Waals surface area contributed by atoms with Gasteiger partial charge >= 0.3 is 0 Å². The van der Waals surface area contributed by atoms with E-state index in [9.17, 15) is 13.2 Å². The number of nitrogens with two attached hydrogens (primary N) is 2. The van der Waals surface area contributed by atoms with Crippen molar-refractivity contribution in [2.75, 3.05) is 11.5 Å². The summed E-state index contributed by atoms with van der Waals surface area (Å²) >= 11 is 0. The Morgan fingerprint density at radius 2 is 1.25 bits per heavy atom. The molecule has 2 nitrogen and oxygen atoms in total. The van der Waals surface area contributed by atoms with E-state index in [0.29, 0.717) is 0 Å². The number of halogens is 3. The van der Waals surface area contributed by atoms with Crippen LogP contribution >= 0.6 is 0 Å². The van der Waals surface area contributed by atoms with Gasteiger partial charge in [0, 0.05) is 5.56 Å². The number of hydrogen-bond acceptors (Lipinski definition) is 2. The summed E-state index contributed by atoms with van der Waals surface area (Å²) in [4.78, 5) is 0. The summed E-state index contributed by atoms with van der Waals surface area (Å²) < 4.78 is 38.2. The van der Waals surface area contributed by atoms with Crippen molar-refractivity contribution in [2.24, 2.45) is 0 Å². The van der Waals surface area contributed by atoms with E-state index in [4.69, 9.17) is 11.5 Å². The van der Waals surface area contributed by atoms with E-state index in [0.717, 1.165) is 6.92 Å². The molecule has 1 rings (SSSR count). The lowest BCUT2D eigenvalue weighted by Gasteiger charge is -2.06. The second-order valence-electron chi connectivity index (χ2n) is 2.39. The second kappa shape index (κ2) is 2.58. The topological polar surface area (TPSA) is 52.0 Å². The Morgan fingerprint density at radius 1 is 0.833 bits per heavy atom. The van der Waals surface area contributed by atoms with Crippen LogP contribution in [0.3, 0.4) is 0 Å². The van der Waals surface area contributed by atoms with E-state index in [1.165, 1.54) is 0 Å². The Balaban J connectivity index is 3.60. The molecule has 0 radical (unpaired) electrons. The van der Waals surface area contributed by atoms with Crippen LogP contribution in [0, 0.1) is 24.4 Å². The van der Waals surface area contributed by atoms with Crippen LogP contribution in [0.2, 0.25) is 0 Å². The molecule has 0 saturated heterocycles. The predicted molar refractivity (Wildman–Crippen MR) is 39.9 cm³/mol. The summed E-state index contributed by atoms with van der Waals surface area (Å²) in [6.45, 7) is 1.09. The zero-order chi connectivity index (χ0) is 9.46. The first-order valence-electron chi connectivity index (χ1n) is 3.14. The fourth-order valence-electron chi connectivity index (χ4n) is 0.818. The summed E-state index contributed by atoms with van der Waals surface area (Å²) in [6, 6.07) is 0. The van der Waals surface area contributed by atoms with Gasteiger partial charge in [-0.3, -0.25) is 0 Å². The zero-order valence-corrected chi connectivity index (χ0v) is 6.29. The van der Waals surface area contributed by atoms with Gasteiger partial charge in [-0.05, 0) is 6.92 Å². The number of nitrogen functional groups attached to an aromatic ring is 2. The highest BCUT2D eigenvalue weighted by Crippen LogP contribution is 2.27. The molecule has 0 atom stereocenters. The molecule has 12 heavy (non-hydrogen) atoms. The molecule has 0 unspecified atom stereocenters. The Morgan fingerprint density at radius 3 is 1.75 bits per heavy atom. The Kier molecular flexibility index (Phi) is 1.87. The monoisotopic (exact) mass is 176 g/mol. The number of rotatable bonds is 0. The summed E-state index contributed by atoms with van der Waals surface area (Å²) in [7, 11) is 0. The van der Waals surface area contributed by atoms with Crippen LogP contribution in [0.15, 0.2) is 0 Å². The van der Waals surface area contributed by atoms with Crippen molar-refractivity contribution < 1.29 is 13.2 Å². The molecule has 1 aromatic rings. The Hall–Kier alpha value is -1.39. The molecule has 0 fully saturated rings. The van der Waals surface area contributed by atoms with Crippen LogP contribution < -0.4 is 11.5 Å². The molecule has 0 spiro atoms. The lowest BCUT2D eigenvalue weighted by Crippen LogP contribution is -2.06. The van der Waals surface area contributed by atoms with E-state index >= 15 is 0 Å². The summed E-state index contributed by atoms with van der Waals surface area (Å²) in [5.74, 6) is -3.60. The van der Waals surface area contributed by atoms with Crippen molar-refractivity contribution in [3.8, 4) is 0 Å². The maximum absolute atomic E-state index is 12.8. The van der Waals surface area contributed by atoms with E-state index in [1.54, 1.807) is 0 Å². The third kappa shape index (κ3) is 0.975. The highest BCUT2D eigenvalue weighted by atomic mass is 19.2. The minimum absolute atomic E-state index is 0.459. The first-order valence-corrected chi connectivity index (χ1v) is 3.14. The number of hydrogen-bond donors (Lipinski definition) is 2. The van der Waals surface area contributed by atoms with Gasteiger partial charge in [0.2, 0.25) is 0 Å². The molecule has 5 heteroatoms. The largest absolute Gasteiger partial charge is 0.395 e. The van der Waals surface area contributed by atoms with Crippen LogP contribution in [-0.2, 0) is 0 Å². The molecular formula is C7H7F3N2. The van der Waals surface area contributed by atoms with Gasteiger partial charge in [-0.1, -0.05) is 0 Å². The molecule has 4 N–H and O–H groups in total. The predicted octanol–water partition coefficient (Wildman–Crippen LogP) is 1.58. The molecule has 66 valence electrons. The third-order valence-corrected chi connectivity index (χ3v) is 1.61. The van der Waals surface area contributed by atoms with Gasteiger partial charge in [0.25, 0.3) is 0 Å². The highest BCUT2D eigenvalue weighted by Gasteiger charge is 2.18. The normalized spacial score (nSPS) is 10.3. The van der Waals surface area contributed by atoms with E-state index in [-0.39, 0.29) is 0 Å². The lowest BCUT2D eigenvalue weighted by molar-refractivity contribution is 0.491. The van der Waals surface area contributed by atoms with Crippen molar-refractivity contribution in [3.05, 3.63) is 23.0 Å². The van der Waals surface area contributed by atoms with Gasteiger partial charge in [-0.15, -0.1) is 0 Å². The minimum atomic E-state index is -1.30. The van der Waals surface area contributed by atoms with Gasteiger partial charge < -0.3 is 11.5 Å². The smallest absolute Gasteiger partial charge is 0.184 e. The van der Waals surface area contributed by atoms with Gasteiger partial charge in [-0.25, -0.2) is 13.2 Å². The molecule has 0 aliphatic carbocycles. The lowest BCUT2D eigenvalue weighted by atomic mass is 10.1. The van der Waals surface area contributed by atoms with E-state index in [2.05, 4.69) is 0 Å². The highest BCUT2D eigenvalue weighted by molar-refractivity contribution is 5.66. The van der Waals surface area contributed by atoms with Gasteiger partial charge in [0.1, 0.15) is 0 Å². The zero-order valence-electron chi connectivity index (χ0n) is 6.29. The molecule has 0 amide bonds. The summed E-state index contributed by atoms with van der Waals surface area (Å²) in [6.07, 6.45) is 0. The molecule has 0 heterocycles. The molecular weight excluding hydrogens is 169 g/mol. The summed E-state index contributed by atoms with van der Waals surface area (Å²) in [5.41, 5.74) is 8.32. The van der Waals surface area contributed by atoms with Crippen LogP contribution in [0.25, 0.3) is 0 Å². The maximum atomic E-state index is 12.8. The first-order chi connectivity index (χ1) is 5.46. The van der Waals surface area contributed by atoms with Crippen LogP contribution in [0.5, 0.6) is 0 Å². The molecule has 0 bridgehead atoms. The molecule has 0 aromatic heterocycles. The summed E-state index contributed by atoms with van der Waals surface area (Å²) in [5, 5.41) is 0. The maximum Gasteiger partial charge on any atom is 0.184 e. The Bertz CT molecular complexity index is 231. The number of anilines is 2. The molecule has 0 aliphatic heterocycles. The fourth-order valence-corrected chi connectivity index (χ4v) is 0.818. The van der Waals surface area contributed by atoms with Crippen molar-refractivity contribution in [3.63, 3.8) is 0 Å². The second-order valence-corrected chi connectivity index (χ2v) is 2.39. The van der Waals surface area contributed by atoms with Crippen molar-refractivity contribution in [1.29, 1.82) is 0 Å². The fraction of sp³-hybridized carbons (Fsp3) is 0.143. The average molecular weight is 176 g/mol. The average Bonchev–Trinajstić information content (AvgIpc) is 2.08. The standard InChI is InChI=1S/C7H7F3N2/c1-2-3(8)5(10)7(12)6(11)4(2)9/h11-12H2,1H3. The quantitative estimate of drug-likeness (QED) is 0.465. The van der Waals surface area contributed by atoms with Crippen LogP contribution in [0.4, 0.5) is 24.5 Å². The van der Waals surface area contributed by atoms with Crippen LogP contribution in [-0.4, -0.2) is 0 Å². The Labute approximate surface area is 67.0 Å². The van der Waals surface area contributed by atoms with Crippen LogP contribution in [0.1, 0.15) is 5.56 Å². The first kappa shape index (κ1) is 8.70. The SMILES string of the molecule is Cc1c(F)c(N)c(N)c(F)c1F. The number of benzene rings is 1. The molecule has 1 aromatic carbocycles. The van der Waals surface area contributed by atoms with Gasteiger partial charge in [-0.2, -0.15) is 0 Å². The molecule has 0 saturated carbocycles.